The quantitative estimate of drug-likeness (QED) is 0.563. The highest BCUT2D eigenvalue weighted by Gasteiger charge is 2.19. The Morgan fingerprint density at radius 2 is 1.70 bits per heavy atom. The number of rotatable bonds is 11. The summed E-state index contributed by atoms with van der Waals surface area (Å²) in [5.41, 5.74) is 1.08. The molecule has 0 unspecified atom stereocenters. The molecule has 30 heavy (non-hydrogen) atoms. The molecule has 0 fully saturated rings. The lowest BCUT2D eigenvalue weighted by Gasteiger charge is -2.21. The Labute approximate surface area is 177 Å². The van der Waals surface area contributed by atoms with Gasteiger partial charge in [0.15, 0.2) is 11.5 Å². The number of likely N-dealkylation sites (N-methyl/N-ethyl adjacent to an activating group) is 1. The topological polar surface area (TPSA) is 77.1 Å². The summed E-state index contributed by atoms with van der Waals surface area (Å²) in [6, 6.07) is 12.1. The van der Waals surface area contributed by atoms with Crippen LogP contribution in [-0.4, -0.2) is 50.6 Å². The van der Waals surface area contributed by atoms with E-state index in [1.54, 1.807) is 49.6 Å². The molecule has 2 aromatic carbocycles. The van der Waals surface area contributed by atoms with Crippen molar-refractivity contribution < 1.29 is 23.8 Å². The lowest BCUT2D eigenvalue weighted by atomic mass is 10.1. The highest BCUT2D eigenvalue weighted by Crippen LogP contribution is 2.29. The largest absolute Gasteiger partial charge is 0.497 e. The van der Waals surface area contributed by atoms with Crippen molar-refractivity contribution in [2.24, 2.45) is 0 Å². The van der Waals surface area contributed by atoms with Crippen molar-refractivity contribution in [1.29, 1.82) is 0 Å². The van der Waals surface area contributed by atoms with Gasteiger partial charge in [-0.3, -0.25) is 9.59 Å². The van der Waals surface area contributed by atoms with Crippen LogP contribution in [0, 0.1) is 0 Å². The number of anilines is 1. The zero-order valence-electron chi connectivity index (χ0n) is 18.1. The molecule has 162 valence electrons. The third-order valence-corrected chi connectivity index (χ3v) is 4.54. The van der Waals surface area contributed by atoms with E-state index in [-0.39, 0.29) is 18.4 Å². The van der Waals surface area contributed by atoms with E-state index in [9.17, 15) is 9.59 Å². The molecule has 0 aliphatic carbocycles. The number of ether oxygens (including phenoxy) is 3. The summed E-state index contributed by atoms with van der Waals surface area (Å²) in [4.78, 5) is 26.8. The monoisotopic (exact) mass is 414 g/mol. The maximum absolute atomic E-state index is 12.9. The van der Waals surface area contributed by atoms with E-state index in [1.807, 2.05) is 6.92 Å². The minimum Gasteiger partial charge on any atom is -0.497 e. The number of nitrogens with one attached hydrogen (secondary N) is 1. The number of unbranched alkanes of at least 4 members (excludes halogenated alkanes) is 1. The van der Waals surface area contributed by atoms with Crippen LogP contribution >= 0.6 is 0 Å². The Kier molecular flexibility index (Phi) is 9.00. The molecule has 0 atom stereocenters. The van der Waals surface area contributed by atoms with E-state index < -0.39 is 0 Å². The van der Waals surface area contributed by atoms with Crippen molar-refractivity contribution in [2.45, 2.75) is 26.7 Å². The predicted molar refractivity (Wildman–Crippen MR) is 117 cm³/mol. The normalized spacial score (nSPS) is 10.3. The summed E-state index contributed by atoms with van der Waals surface area (Å²) >= 11 is 0. The fraction of sp³-hybridized carbons (Fsp3) is 0.391. The number of methoxy groups -OCH3 is 2. The van der Waals surface area contributed by atoms with Crippen LogP contribution < -0.4 is 19.5 Å². The minimum absolute atomic E-state index is 0.0571. The molecular formula is C23H30N2O5. The third-order valence-electron chi connectivity index (χ3n) is 4.54. The van der Waals surface area contributed by atoms with Crippen LogP contribution in [0.4, 0.5) is 5.69 Å². The van der Waals surface area contributed by atoms with Gasteiger partial charge in [0.2, 0.25) is 5.91 Å². The van der Waals surface area contributed by atoms with Gasteiger partial charge in [-0.15, -0.1) is 0 Å². The number of amides is 2. The minimum atomic E-state index is -0.276. The molecule has 0 aromatic heterocycles. The van der Waals surface area contributed by atoms with Crippen LogP contribution in [0.3, 0.4) is 0 Å². The summed E-state index contributed by atoms with van der Waals surface area (Å²) in [5.74, 6) is 1.27. The fourth-order valence-electron chi connectivity index (χ4n) is 2.80. The van der Waals surface area contributed by atoms with Gasteiger partial charge in [0.25, 0.3) is 5.91 Å². The number of benzene rings is 2. The smallest absolute Gasteiger partial charge is 0.254 e. The number of hydrogen-bond donors (Lipinski definition) is 1. The van der Waals surface area contributed by atoms with Crippen LogP contribution in [0.15, 0.2) is 42.5 Å². The molecule has 0 spiro atoms. The predicted octanol–water partition coefficient (Wildman–Crippen LogP) is 3.98. The summed E-state index contributed by atoms with van der Waals surface area (Å²) < 4.78 is 16.2. The maximum Gasteiger partial charge on any atom is 0.254 e. The van der Waals surface area contributed by atoms with E-state index in [0.717, 1.165) is 12.8 Å². The third kappa shape index (κ3) is 6.40. The molecule has 0 aliphatic heterocycles. The summed E-state index contributed by atoms with van der Waals surface area (Å²) in [7, 11) is 3.12. The Balaban J connectivity index is 2.04. The zero-order chi connectivity index (χ0) is 21.9. The number of carbonyl (C=O) groups is 2. The average Bonchev–Trinajstić information content (AvgIpc) is 2.77. The van der Waals surface area contributed by atoms with Crippen molar-refractivity contribution in [3.63, 3.8) is 0 Å². The second-order valence-corrected chi connectivity index (χ2v) is 6.66. The van der Waals surface area contributed by atoms with Gasteiger partial charge in [-0.25, -0.2) is 0 Å². The Hall–Kier alpha value is -3.22. The lowest BCUT2D eigenvalue weighted by Crippen LogP contribution is -2.37. The first kappa shape index (κ1) is 23.1. The van der Waals surface area contributed by atoms with Gasteiger partial charge in [0.05, 0.1) is 20.8 Å². The molecule has 7 heteroatoms. The second-order valence-electron chi connectivity index (χ2n) is 6.66. The van der Waals surface area contributed by atoms with Crippen LogP contribution in [0.5, 0.6) is 17.2 Å². The highest BCUT2D eigenvalue weighted by molar-refractivity contribution is 5.99. The van der Waals surface area contributed by atoms with Gasteiger partial charge < -0.3 is 24.4 Å². The maximum atomic E-state index is 12.9. The van der Waals surface area contributed by atoms with Crippen molar-refractivity contribution in [1.82, 2.24) is 4.90 Å². The second kappa shape index (κ2) is 11.7. The number of nitrogens with zero attached hydrogens (tertiary/aromatic N) is 1. The van der Waals surface area contributed by atoms with Crippen LogP contribution in [0.1, 0.15) is 37.0 Å². The van der Waals surface area contributed by atoms with E-state index in [1.165, 1.54) is 12.0 Å². The first-order valence-corrected chi connectivity index (χ1v) is 10.1. The number of hydrogen-bond acceptors (Lipinski definition) is 5. The van der Waals surface area contributed by atoms with E-state index >= 15 is 0 Å². The summed E-state index contributed by atoms with van der Waals surface area (Å²) in [6.07, 6.45) is 1.97. The van der Waals surface area contributed by atoms with Crippen molar-refractivity contribution in [3.8, 4) is 17.2 Å². The van der Waals surface area contributed by atoms with Crippen LogP contribution in [-0.2, 0) is 4.79 Å². The Morgan fingerprint density at radius 3 is 2.30 bits per heavy atom. The SMILES string of the molecule is CCCCOc1ccc(C(=O)N(CC)CC(=O)Nc2ccc(OC)cc2)cc1OC. The first-order valence-electron chi connectivity index (χ1n) is 10.1. The fourth-order valence-corrected chi connectivity index (χ4v) is 2.80. The van der Waals surface area contributed by atoms with Crippen molar-refractivity contribution >= 4 is 17.5 Å². The standard InChI is InChI=1S/C23H30N2O5/c1-5-7-14-30-20-13-8-17(15-21(20)29-4)23(27)25(6-2)16-22(26)24-18-9-11-19(28-3)12-10-18/h8-13,15H,5-7,14,16H2,1-4H3,(H,24,26). The highest BCUT2D eigenvalue weighted by atomic mass is 16.5. The molecule has 0 bridgehead atoms. The van der Waals surface area contributed by atoms with Gasteiger partial charge in [-0.2, -0.15) is 0 Å². The molecule has 2 amide bonds. The Bertz CT molecular complexity index is 836. The van der Waals surface area contributed by atoms with Crippen molar-refractivity contribution in [3.05, 3.63) is 48.0 Å². The zero-order valence-corrected chi connectivity index (χ0v) is 18.1. The van der Waals surface area contributed by atoms with Crippen LogP contribution in [0.25, 0.3) is 0 Å². The van der Waals surface area contributed by atoms with Gasteiger partial charge in [0.1, 0.15) is 12.3 Å². The van der Waals surface area contributed by atoms with Gasteiger partial charge >= 0.3 is 0 Å². The van der Waals surface area contributed by atoms with Crippen LogP contribution in [0.2, 0.25) is 0 Å². The molecular weight excluding hydrogens is 384 g/mol. The van der Waals surface area contributed by atoms with E-state index in [2.05, 4.69) is 12.2 Å². The van der Waals surface area contributed by atoms with Gasteiger partial charge in [-0.1, -0.05) is 13.3 Å². The molecule has 2 aromatic rings. The summed E-state index contributed by atoms with van der Waals surface area (Å²) in [5, 5.41) is 2.79. The first-order chi connectivity index (χ1) is 14.5. The molecule has 7 nitrogen and oxygen atoms in total. The van der Waals surface area contributed by atoms with E-state index in [4.69, 9.17) is 14.2 Å². The van der Waals surface area contributed by atoms with Gasteiger partial charge in [0, 0.05) is 17.8 Å². The lowest BCUT2D eigenvalue weighted by molar-refractivity contribution is -0.116. The summed E-state index contributed by atoms with van der Waals surface area (Å²) in [6.45, 7) is 4.85. The number of carbonyl (C=O) groups excluding carboxylic acids is 2. The van der Waals surface area contributed by atoms with Crippen molar-refractivity contribution in [2.75, 3.05) is 39.2 Å². The molecule has 0 heterocycles. The molecule has 2 rings (SSSR count). The molecule has 0 saturated carbocycles. The average molecular weight is 415 g/mol. The molecule has 0 radical (unpaired) electrons. The molecule has 1 N–H and O–H groups in total. The molecule has 0 saturated heterocycles. The Morgan fingerprint density at radius 1 is 0.967 bits per heavy atom. The van der Waals surface area contributed by atoms with Gasteiger partial charge in [-0.05, 0) is 55.8 Å². The molecule has 0 aliphatic rings. The van der Waals surface area contributed by atoms with E-state index in [0.29, 0.717) is 41.7 Å².